The minimum atomic E-state index is -1.07. The molecule has 0 unspecified atom stereocenters. The van der Waals surface area contributed by atoms with Crippen LogP contribution in [0.1, 0.15) is 24.2 Å². The number of carboxylic acids is 1. The highest BCUT2D eigenvalue weighted by Crippen LogP contribution is 2.12. The van der Waals surface area contributed by atoms with Gasteiger partial charge in [0.25, 0.3) is 0 Å². The van der Waals surface area contributed by atoms with Crippen LogP contribution in [0.25, 0.3) is 0 Å². The van der Waals surface area contributed by atoms with Crippen molar-refractivity contribution in [2.24, 2.45) is 0 Å². The molecule has 19 heavy (non-hydrogen) atoms. The van der Waals surface area contributed by atoms with Gasteiger partial charge in [0, 0.05) is 17.8 Å². The molecule has 0 aliphatic rings. The van der Waals surface area contributed by atoms with Crippen LogP contribution in [0.2, 0.25) is 0 Å². The highest BCUT2D eigenvalue weighted by molar-refractivity contribution is 5.97. The normalized spacial score (nSPS) is 9.79. The van der Waals surface area contributed by atoms with Crippen molar-refractivity contribution in [1.29, 1.82) is 0 Å². The van der Waals surface area contributed by atoms with Gasteiger partial charge in [-0.05, 0) is 26.0 Å². The van der Waals surface area contributed by atoms with E-state index >= 15 is 0 Å². The SMILES string of the molecule is CCN(CC(=O)O)C(=O)Nc1cccc(C(C)=O)c1. The number of hydrogen-bond donors (Lipinski definition) is 2. The van der Waals surface area contributed by atoms with Gasteiger partial charge in [-0.3, -0.25) is 9.59 Å². The summed E-state index contributed by atoms with van der Waals surface area (Å²) >= 11 is 0. The molecular weight excluding hydrogens is 248 g/mol. The number of nitrogens with one attached hydrogen (secondary N) is 1. The predicted octanol–water partition coefficient (Wildman–Crippen LogP) is 1.83. The Bertz CT molecular complexity index is 499. The van der Waals surface area contributed by atoms with Crippen LogP contribution in [0.15, 0.2) is 24.3 Å². The number of nitrogens with zero attached hydrogens (tertiary/aromatic N) is 1. The van der Waals surface area contributed by atoms with Crippen molar-refractivity contribution in [2.75, 3.05) is 18.4 Å². The van der Waals surface area contributed by atoms with Gasteiger partial charge in [0.1, 0.15) is 6.54 Å². The summed E-state index contributed by atoms with van der Waals surface area (Å²) < 4.78 is 0. The van der Waals surface area contributed by atoms with E-state index in [1.54, 1.807) is 31.2 Å². The Morgan fingerprint density at radius 2 is 2.00 bits per heavy atom. The summed E-state index contributed by atoms with van der Waals surface area (Å²) in [6.45, 7) is 3.04. The summed E-state index contributed by atoms with van der Waals surface area (Å²) in [7, 11) is 0. The van der Waals surface area contributed by atoms with E-state index in [1.807, 2.05) is 0 Å². The summed E-state index contributed by atoms with van der Waals surface area (Å²) in [4.78, 5) is 34.8. The second-order valence-corrected chi connectivity index (χ2v) is 3.98. The standard InChI is InChI=1S/C13H16N2O4/c1-3-15(8-12(17)18)13(19)14-11-6-4-5-10(7-11)9(2)16/h4-7H,3,8H2,1-2H3,(H,14,19)(H,17,18). The van der Waals surface area contributed by atoms with Crippen LogP contribution in [0.3, 0.4) is 0 Å². The zero-order valence-corrected chi connectivity index (χ0v) is 10.8. The molecule has 6 heteroatoms. The van der Waals surface area contributed by atoms with Crippen LogP contribution in [-0.2, 0) is 4.79 Å². The Hall–Kier alpha value is -2.37. The molecule has 1 rings (SSSR count). The molecule has 0 bridgehead atoms. The van der Waals surface area contributed by atoms with Crippen molar-refractivity contribution in [3.63, 3.8) is 0 Å². The summed E-state index contributed by atoms with van der Waals surface area (Å²) in [5, 5.41) is 11.2. The molecule has 0 aliphatic carbocycles. The van der Waals surface area contributed by atoms with Gasteiger partial charge in [0.2, 0.25) is 0 Å². The van der Waals surface area contributed by atoms with Gasteiger partial charge < -0.3 is 15.3 Å². The van der Waals surface area contributed by atoms with Crippen molar-refractivity contribution >= 4 is 23.5 Å². The smallest absolute Gasteiger partial charge is 0.323 e. The molecule has 102 valence electrons. The molecular formula is C13H16N2O4. The molecule has 0 saturated carbocycles. The maximum atomic E-state index is 11.8. The highest BCUT2D eigenvalue weighted by Gasteiger charge is 2.15. The van der Waals surface area contributed by atoms with Crippen molar-refractivity contribution in [3.8, 4) is 0 Å². The molecule has 1 aromatic carbocycles. The van der Waals surface area contributed by atoms with Gasteiger partial charge >= 0.3 is 12.0 Å². The van der Waals surface area contributed by atoms with Crippen molar-refractivity contribution in [3.05, 3.63) is 29.8 Å². The van der Waals surface area contributed by atoms with Crippen LogP contribution in [0.5, 0.6) is 0 Å². The summed E-state index contributed by atoms with van der Waals surface area (Å²) in [5.41, 5.74) is 0.945. The lowest BCUT2D eigenvalue weighted by atomic mass is 10.1. The zero-order chi connectivity index (χ0) is 14.4. The second kappa shape index (κ2) is 6.53. The Morgan fingerprint density at radius 3 is 2.53 bits per heavy atom. The average molecular weight is 264 g/mol. The third-order valence-electron chi connectivity index (χ3n) is 2.52. The molecule has 0 radical (unpaired) electrons. The quantitative estimate of drug-likeness (QED) is 0.794. The zero-order valence-electron chi connectivity index (χ0n) is 10.8. The maximum absolute atomic E-state index is 11.8. The number of carboxylic acid groups (broad SMARTS) is 1. The Labute approximate surface area is 111 Å². The largest absolute Gasteiger partial charge is 0.480 e. The van der Waals surface area contributed by atoms with Gasteiger partial charge in [0.05, 0.1) is 0 Å². The van der Waals surface area contributed by atoms with Crippen LogP contribution in [-0.4, -0.2) is 40.9 Å². The molecule has 0 saturated heterocycles. The molecule has 2 amide bonds. The highest BCUT2D eigenvalue weighted by atomic mass is 16.4. The van der Waals surface area contributed by atoms with E-state index in [0.717, 1.165) is 4.90 Å². The monoisotopic (exact) mass is 264 g/mol. The fourth-order valence-corrected chi connectivity index (χ4v) is 1.51. The number of carbonyl (C=O) groups excluding carboxylic acids is 2. The number of rotatable bonds is 5. The van der Waals surface area contributed by atoms with E-state index in [-0.39, 0.29) is 18.9 Å². The Kier molecular flexibility index (Phi) is 5.05. The lowest BCUT2D eigenvalue weighted by Gasteiger charge is -2.19. The summed E-state index contributed by atoms with van der Waals surface area (Å²) in [6, 6.07) is 5.98. The number of likely N-dealkylation sites (N-methyl/N-ethyl adjacent to an activating group) is 1. The Morgan fingerprint density at radius 1 is 1.32 bits per heavy atom. The first kappa shape index (κ1) is 14.7. The number of urea groups is 1. The van der Waals surface area contributed by atoms with E-state index in [4.69, 9.17) is 5.11 Å². The first-order valence-corrected chi connectivity index (χ1v) is 5.82. The van der Waals surface area contributed by atoms with E-state index in [1.165, 1.54) is 6.92 Å². The fourth-order valence-electron chi connectivity index (χ4n) is 1.51. The van der Waals surface area contributed by atoms with Gasteiger partial charge in [0.15, 0.2) is 5.78 Å². The van der Waals surface area contributed by atoms with Crippen LogP contribution < -0.4 is 5.32 Å². The van der Waals surface area contributed by atoms with Crippen LogP contribution in [0, 0.1) is 0 Å². The molecule has 0 aromatic heterocycles. The number of benzene rings is 1. The van der Waals surface area contributed by atoms with Crippen molar-refractivity contribution in [1.82, 2.24) is 4.90 Å². The minimum Gasteiger partial charge on any atom is -0.480 e. The third kappa shape index (κ3) is 4.42. The van der Waals surface area contributed by atoms with E-state index < -0.39 is 12.0 Å². The average Bonchev–Trinajstić information content (AvgIpc) is 2.35. The lowest BCUT2D eigenvalue weighted by molar-refractivity contribution is -0.137. The topological polar surface area (TPSA) is 86.7 Å². The third-order valence-corrected chi connectivity index (χ3v) is 2.52. The number of aliphatic carboxylic acids is 1. The number of hydrogen-bond acceptors (Lipinski definition) is 3. The van der Waals surface area contributed by atoms with E-state index in [2.05, 4.69) is 5.32 Å². The Balaban J connectivity index is 2.78. The molecule has 6 nitrogen and oxygen atoms in total. The first-order valence-electron chi connectivity index (χ1n) is 5.82. The number of ketones is 1. The van der Waals surface area contributed by atoms with Crippen molar-refractivity contribution < 1.29 is 19.5 Å². The van der Waals surface area contributed by atoms with E-state index in [0.29, 0.717) is 11.3 Å². The molecule has 0 aliphatic heterocycles. The maximum Gasteiger partial charge on any atom is 0.323 e. The van der Waals surface area contributed by atoms with Gasteiger partial charge in [-0.15, -0.1) is 0 Å². The number of anilines is 1. The molecule has 0 spiro atoms. The van der Waals surface area contributed by atoms with Crippen LogP contribution in [0.4, 0.5) is 10.5 Å². The first-order chi connectivity index (χ1) is 8.93. The molecule has 1 aromatic rings. The van der Waals surface area contributed by atoms with E-state index in [9.17, 15) is 14.4 Å². The van der Waals surface area contributed by atoms with Gasteiger partial charge in [-0.25, -0.2) is 4.79 Å². The summed E-state index contributed by atoms with van der Waals surface area (Å²) in [6.07, 6.45) is 0. The van der Waals surface area contributed by atoms with Gasteiger partial charge in [-0.2, -0.15) is 0 Å². The number of amides is 2. The molecule has 0 heterocycles. The van der Waals surface area contributed by atoms with Gasteiger partial charge in [-0.1, -0.05) is 12.1 Å². The summed E-state index contributed by atoms with van der Waals surface area (Å²) in [5.74, 6) is -1.18. The fraction of sp³-hybridized carbons (Fsp3) is 0.308. The lowest BCUT2D eigenvalue weighted by Crippen LogP contribution is -2.38. The number of carbonyl (C=O) groups is 3. The predicted molar refractivity (Wildman–Crippen MR) is 70.3 cm³/mol. The minimum absolute atomic E-state index is 0.103. The molecule has 0 atom stereocenters. The molecule has 0 fully saturated rings. The van der Waals surface area contributed by atoms with Crippen LogP contribution >= 0.6 is 0 Å². The number of Topliss-reactive ketones (excluding diaryl/α,β-unsaturated/α-hetero) is 1. The second-order valence-electron chi connectivity index (χ2n) is 3.98. The van der Waals surface area contributed by atoms with Crippen molar-refractivity contribution in [2.45, 2.75) is 13.8 Å². The molecule has 2 N–H and O–H groups in total.